The van der Waals surface area contributed by atoms with Crippen molar-refractivity contribution in [1.82, 2.24) is 5.32 Å². The van der Waals surface area contributed by atoms with Crippen molar-refractivity contribution in [2.24, 2.45) is 0 Å². The molecular weight excluding hydrogens is 333 g/mol. The van der Waals surface area contributed by atoms with E-state index in [1.165, 1.54) is 0 Å². The summed E-state index contributed by atoms with van der Waals surface area (Å²) in [5, 5.41) is 13.1. The highest BCUT2D eigenvalue weighted by atomic mass is 35.5. The number of hydrogen-bond acceptors (Lipinski definition) is 3. The van der Waals surface area contributed by atoms with Crippen LogP contribution in [0.1, 0.15) is 25.0 Å². The van der Waals surface area contributed by atoms with Crippen LogP contribution in [0.25, 0.3) is 0 Å². The van der Waals surface area contributed by atoms with E-state index in [9.17, 15) is 5.11 Å². The normalized spacial score (nSPS) is 11.0. The zero-order valence-corrected chi connectivity index (χ0v) is 15.0. The Hall–Kier alpha value is -1.26. The highest BCUT2D eigenvalue weighted by Gasteiger charge is 2.15. The Morgan fingerprint density at radius 2 is 1.78 bits per heavy atom. The van der Waals surface area contributed by atoms with Gasteiger partial charge < -0.3 is 15.2 Å². The lowest BCUT2D eigenvalue weighted by atomic mass is 10.1. The minimum absolute atomic E-state index is 0. The van der Waals surface area contributed by atoms with Gasteiger partial charge in [0.1, 0.15) is 12.4 Å². The molecule has 2 rings (SSSR count). The minimum Gasteiger partial charge on any atom is -0.487 e. The van der Waals surface area contributed by atoms with Gasteiger partial charge in [0.05, 0.1) is 11.6 Å². The summed E-state index contributed by atoms with van der Waals surface area (Å²) < 4.78 is 5.75. The third-order valence-corrected chi connectivity index (χ3v) is 3.70. The van der Waals surface area contributed by atoms with E-state index in [0.29, 0.717) is 23.9 Å². The second-order valence-electron chi connectivity index (χ2n) is 5.93. The number of halogens is 2. The fourth-order valence-electron chi connectivity index (χ4n) is 1.90. The molecule has 0 radical (unpaired) electrons. The van der Waals surface area contributed by atoms with Gasteiger partial charge >= 0.3 is 0 Å². The van der Waals surface area contributed by atoms with Crippen molar-refractivity contribution in [1.29, 1.82) is 0 Å². The first kappa shape index (κ1) is 19.8. The lowest BCUT2D eigenvalue weighted by Crippen LogP contribution is -2.42. The molecule has 0 aromatic heterocycles. The van der Waals surface area contributed by atoms with Crippen LogP contribution >= 0.6 is 24.0 Å². The van der Waals surface area contributed by atoms with Crippen LogP contribution in [0.15, 0.2) is 48.5 Å². The van der Waals surface area contributed by atoms with Gasteiger partial charge in [-0.2, -0.15) is 0 Å². The van der Waals surface area contributed by atoms with E-state index in [1.54, 1.807) is 0 Å². The number of rotatable bonds is 7. The van der Waals surface area contributed by atoms with Crippen molar-refractivity contribution >= 4 is 24.0 Å². The molecule has 0 amide bonds. The zero-order chi connectivity index (χ0) is 16.0. The van der Waals surface area contributed by atoms with Gasteiger partial charge in [0.2, 0.25) is 0 Å². The number of hydrogen-bond donors (Lipinski definition) is 2. The smallest absolute Gasteiger partial charge is 0.138 e. The molecule has 0 aliphatic carbocycles. The molecule has 0 fully saturated rings. The van der Waals surface area contributed by atoms with Crippen molar-refractivity contribution in [3.05, 3.63) is 64.7 Å². The maximum absolute atomic E-state index is 9.24. The highest BCUT2D eigenvalue weighted by Crippen LogP contribution is 2.26. The highest BCUT2D eigenvalue weighted by molar-refractivity contribution is 6.32. The molecule has 23 heavy (non-hydrogen) atoms. The van der Waals surface area contributed by atoms with Crippen LogP contribution in [0.2, 0.25) is 5.02 Å². The largest absolute Gasteiger partial charge is 0.487 e. The van der Waals surface area contributed by atoms with E-state index in [1.807, 2.05) is 62.4 Å². The maximum Gasteiger partial charge on any atom is 0.138 e. The predicted molar refractivity (Wildman–Crippen MR) is 97.5 cm³/mol. The molecule has 2 aromatic carbocycles. The third kappa shape index (κ3) is 6.40. The Kier molecular flexibility index (Phi) is 7.86. The molecular formula is C18H23Cl2NO2. The Morgan fingerprint density at radius 3 is 2.39 bits per heavy atom. The van der Waals surface area contributed by atoms with E-state index < -0.39 is 0 Å². The summed E-state index contributed by atoms with van der Waals surface area (Å²) in [7, 11) is 0. The molecule has 0 heterocycles. The Balaban J connectivity index is 0.00000264. The van der Waals surface area contributed by atoms with Gasteiger partial charge in [-0.05, 0) is 37.1 Å². The summed E-state index contributed by atoms with van der Waals surface area (Å²) in [6.45, 7) is 5.12. The van der Waals surface area contributed by atoms with E-state index in [4.69, 9.17) is 16.3 Å². The molecule has 0 aliphatic heterocycles. The lowest BCUT2D eigenvalue weighted by Gasteiger charge is -2.23. The van der Waals surface area contributed by atoms with Crippen LogP contribution in [0.3, 0.4) is 0 Å². The van der Waals surface area contributed by atoms with E-state index in [0.717, 1.165) is 11.1 Å². The fraction of sp³-hybridized carbons (Fsp3) is 0.333. The quantitative estimate of drug-likeness (QED) is 0.781. The molecule has 0 atom stereocenters. The first-order chi connectivity index (χ1) is 10.5. The number of benzene rings is 2. The van der Waals surface area contributed by atoms with E-state index in [-0.39, 0.29) is 24.6 Å². The molecule has 0 aliphatic rings. The monoisotopic (exact) mass is 355 g/mol. The number of aliphatic hydroxyl groups excluding tert-OH is 1. The van der Waals surface area contributed by atoms with Crippen LogP contribution in [0.5, 0.6) is 5.75 Å². The van der Waals surface area contributed by atoms with Crippen LogP contribution in [0, 0.1) is 0 Å². The van der Waals surface area contributed by atoms with Crippen LogP contribution in [-0.4, -0.2) is 17.3 Å². The topological polar surface area (TPSA) is 41.5 Å². The SMILES string of the molecule is CC(C)(CO)NCc1ccc(OCc2ccccc2)c(Cl)c1.Cl. The molecule has 3 nitrogen and oxygen atoms in total. The molecule has 0 saturated heterocycles. The number of ether oxygens (including phenoxy) is 1. The lowest BCUT2D eigenvalue weighted by molar-refractivity contribution is 0.187. The number of aliphatic hydroxyl groups is 1. The second-order valence-corrected chi connectivity index (χ2v) is 6.34. The summed E-state index contributed by atoms with van der Waals surface area (Å²) in [6, 6.07) is 15.7. The van der Waals surface area contributed by atoms with Gasteiger partial charge in [0.25, 0.3) is 0 Å². The van der Waals surface area contributed by atoms with Gasteiger partial charge in [-0.3, -0.25) is 0 Å². The summed E-state index contributed by atoms with van der Waals surface area (Å²) in [5.41, 5.74) is 1.85. The van der Waals surface area contributed by atoms with Gasteiger partial charge in [0, 0.05) is 12.1 Å². The van der Waals surface area contributed by atoms with Gasteiger partial charge in [-0.25, -0.2) is 0 Å². The predicted octanol–water partition coefficient (Wildman–Crippen LogP) is 4.20. The van der Waals surface area contributed by atoms with Crippen LogP contribution < -0.4 is 10.1 Å². The standard InChI is InChI=1S/C18H22ClNO2.ClH/c1-18(2,13-21)20-11-15-8-9-17(16(19)10-15)22-12-14-6-4-3-5-7-14;/h3-10,20-21H,11-13H2,1-2H3;1H. The molecule has 0 bridgehead atoms. The van der Waals surface area contributed by atoms with Gasteiger partial charge in [-0.15, -0.1) is 12.4 Å². The van der Waals surface area contributed by atoms with Crippen molar-refractivity contribution in [2.75, 3.05) is 6.61 Å². The second kappa shape index (κ2) is 9.14. The van der Waals surface area contributed by atoms with E-state index in [2.05, 4.69) is 5.32 Å². The first-order valence-electron chi connectivity index (χ1n) is 7.31. The summed E-state index contributed by atoms with van der Waals surface area (Å²) >= 11 is 6.28. The average molecular weight is 356 g/mol. The zero-order valence-electron chi connectivity index (χ0n) is 13.4. The molecule has 2 aromatic rings. The van der Waals surface area contributed by atoms with E-state index >= 15 is 0 Å². The third-order valence-electron chi connectivity index (χ3n) is 3.40. The first-order valence-corrected chi connectivity index (χ1v) is 7.69. The summed E-state index contributed by atoms with van der Waals surface area (Å²) in [4.78, 5) is 0. The minimum atomic E-state index is -0.311. The molecule has 126 valence electrons. The molecule has 0 unspecified atom stereocenters. The van der Waals surface area contributed by atoms with Crippen molar-refractivity contribution in [2.45, 2.75) is 32.5 Å². The number of nitrogens with one attached hydrogen (secondary N) is 1. The summed E-state index contributed by atoms with van der Waals surface area (Å²) in [6.07, 6.45) is 0. The van der Waals surface area contributed by atoms with Gasteiger partial charge in [0.15, 0.2) is 0 Å². The Morgan fingerprint density at radius 1 is 1.09 bits per heavy atom. The van der Waals surface area contributed by atoms with Crippen molar-refractivity contribution in [3.63, 3.8) is 0 Å². The Bertz CT molecular complexity index is 603. The molecule has 5 heteroatoms. The average Bonchev–Trinajstić information content (AvgIpc) is 2.53. The van der Waals surface area contributed by atoms with Crippen LogP contribution in [-0.2, 0) is 13.2 Å². The van der Waals surface area contributed by atoms with Crippen molar-refractivity contribution in [3.8, 4) is 5.75 Å². The molecule has 0 saturated carbocycles. The summed E-state index contributed by atoms with van der Waals surface area (Å²) in [5.74, 6) is 0.677. The maximum atomic E-state index is 9.24. The Labute approximate surface area is 149 Å². The fourth-order valence-corrected chi connectivity index (χ4v) is 2.16. The van der Waals surface area contributed by atoms with Crippen molar-refractivity contribution < 1.29 is 9.84 Å². The van der Waals surface area contributed by atoms with Crippen LogP contribution in [0.4, 0.5) is 0 Å². The molecule has 2 N–H and O–H groups in total. The van der Waals surface area contributed by atoms with Gasteiger partial charge in [-0.1, -0.05) is 48.0 Å². The molecule has 0 spiro atoms.